The van der Waals surface area contributed by atoms with E-state index < -0.39 is 0 Å². The summed E-state index contributed by atoms with van der Waals surface area (Å²) in [7, 11) is 0. The van der Waals surface area contributed by atoms with Crippen molar-refractivity contribution in [1.82, 2.24) is 0 Å². The molecule has 0 aliphatic heterocycles. The summed E-state index contributed by atoms with van der Waals surface area (Å²) in [5.41, 5.74) is 3.71. The van der Waals surface area contributed by atoms with Crippen molar-refractivity contribution < 1.29 is 0 Å². The number of halogens is 3. The van der Waals surface area contributed by atoms with E-state index in [1.165, 1.54) is 11.1 Å². The van der Waals surface area contributed by atoms with Crippen LogP contribution in [0.25, 0.3) is 0 Å². The average Bonchev–Trinajstić information content (AvgIpc) is 2.42. The Morgan fingerprint density at radius 2 is 1.65 bits per heavy atom. The first kappa shape index (κ1) is 15.9. The minimum absolute atomic E-state index is 0.481. The van der Waals surface area contributed by atoms with Gasteiger partial charge >= 0.3 is 0 Å². The second kappa shape index (κ2) is 7.49. The normalized spacial score (nSPS) is 12.4. The van der Waals surface area contributed by atoms with Crippen molar-refractivity contribution in [2.24, 2.45) is 5.92 Å². The highest BCUT2D eigenvalue weighted by Gasteiger charge is 2.14. The molecule has 106 valence electrons. The molecule has 0 nitrogen and oxygen atoms in total. The van der Waals surface area contributed by atoms with E-state index in [4.69, 9.17) is 23.2 Å². The van der Waals surface area contributed by atoms with Crippen LogP contribution < -0.4 is 0 Å². The van der Waals surface area contributed by atoms with Crippen molar-refractivity contribution >= 4 is 39.1 Å². The number of benzene rings is 2. The molecule has 1 unspecified atom stereocenters. The van der Waals surface area contributed by atoms with Crippen LogP contribution in [0.1, 0.15) is 16.7 Å². The Morgan fingerprint density at radius 3 is 2.25 bits per heavy atom. The van der Waals surface area contributed by atoms with Gasteiger partial charge in [-0.15, -0.1) is 0 Å². The van der Waals surface area contributed by atoms with E-state index in [1.807, 2.05) is 18.2 Å². The Balaban J connectivity index is 2.13. The minimum atomic E-state index is 0.481. The second-order valence-corrected chi connectivity index (χ2v) is 6.58. The summed E-state index contributed by atoms with van der Waals surface area (Å²) < 4.78 is 0. The lowest BCUT2D eigenvalue weighted by Crippen LogP contribution is -2.10. The topological polar surface area (TPSA) is 0 Å². The summed E-state index contributed by atoms with van der Waals surface area (Å²) in [5.74, 6) is 0.481. The van der Waals surface area contributed by atoms with Crippen LogP contribution in [0.4, 0.5) is 0 Å². The third-order valence-electron chi connectivity index (χ3n) is 3.38. The number of aryl methyl sites for hydroxylation is 1. The van der Waals surface area contributed by atoms with Crippen LogP contribution in [0.2, 0.25) is 10.0 Å². The lowest BCUT2D eigenvalue weighted by atomic mass is 9.93. The molecule has 1 atom stereocenters. The van der Waals surface area contributed by atoms with E-state index in [2.05, 4.69) is 47.1 Å². The number of hydrogen-bond acceptors (Lipinski definition) is 0. The summed E-state index contributed by atoms with van der Waals surface area (Å²) in [6.07, 6.45) is 1.91. The Kier molecular flexibility index (Phi) is 5.95. The lowest BCUT2D eigenvalue weighted by Gasteiger charge is -2.16. The van der Waals surface area contributed by atoms with Gasteiger partial charge in [-0.3, -0.25) is 0 Å². The molecule has 2 aromatic rings. The fraction of sp³-hybridized carbons (Fsp3) is 0.294. The van der Waals surface area contributed by atoms with Gasteiger partial charge in [0.1, 0.15) is 0 Å². The van der Waals surface area contributed by atoms with Crippen molar-refractivity contribution in [3.63, 3.8) is 0 Å². The molecule has 2 aromatic carbocycles. The van der Waals surface area contributed by atoms with Gasteiger partial charge in [-0.05, 0) is 48.9 Å². The maximum atomic E-state index is 6.26. The minimum Gasteiger partial charge on any atom is -0.0925 e. The lowest BCUT2D eigenvalue weighted by molar-refractivity contribution is 0.591. The predicted octanol–water partition coefficient (Wildman–Crippen LogP) is 6.10. The standard InChI is InChI=1S/C17H17BrCl2/c1-12-4-2-5-13(8-12)9-14(11-18)10-15-16(19)6-3-7-17(15)20/h2-8,14H,9-11H2,1H3. The molecule has 0 radical (unpaired) electrons. The van der Waals surface area contributed by atoms with Gasteiger partial charge in [-0.2, -0.15) is 0 Å². The summed E-state index contributed by atoms with van der Waals surface area (Å²) in [6.45, 7) is 2.12. The first-order valence-corrected chi connectivity index (χ1v) is 8.52. The molecule has 0 saturated heterocycles. The van der Waals surface area contributed by atoms with Crippen LogP contribution >= 0.6 is 39.1 Å². The average molecular weight is 372 g/mol. The van der Waals surface area contributed by atoms with Crippen LogP contribution in [0.5, 0.6) is 0 Å². The highest BCUT2D eigenvalue weighted by molar-refractivity contribution is 9.09. The van der Waals surface area contributed by atoms with Crippen molar-refractivity contribution in [3.05, 3.63) is 69.2 Å². The van der Waals surface area contributed by atoms with Gasteiger partial charge in [0.05, 0.1) is 0 Å². The van der Waals surface area contributed by atoms with Crippen LogP contribution in [0.15, 0.2) is 42.5 Å². The van der Waals surface area contributed by atoms with Crippen LogP contribution in [0, 0.1) is 12.8 Å². The molecule has 0 aliphatic rings. The van der Waals surface area contributed by atoms with E-state index in [0.29, 0.717) is 5.92 Å². The molecule has 0 aromatic heterocycles. The Morgan fingerprint density at radius 1 is 1.00 bits per heavy atom. The summed E-state index contributed by atoms with van der Waals surface area (Å²) in [4.78, 5) is 0. The number of hydrogen-bond donors (Lipinski definition) is 0. The van der Waals surface area contributed by atoms with Crippen LogP contribution in [-0.2, 0) is 12.8 Å². The van der Waals surface area contributed by atoms with Crippen molar-refractivity contribution in [2.75, 3.05) is 5.33 Å². The molecule has 0 fully saturated rings. The zero-order chi connectivity index (χ0) is 14.5. The van der Waals surface area contributed by atoms with Crippen LogP contribution in [-0.4, -0.2) is 5.33 Å². The molecule has 2 rings (SSSR count). The maximum absolute atomic E-state index is 6.26. The zero-order valence-corrected chi connectivity index (χ0v) is 14.5. The fourth-order valence-corrected chi connectivity index (χ4v) is 3.38. The van der Waals surface area contributed by atoms with E-state index in [1.54, 1.807) is 0 Å². The maximum Gasteiger partial charge on any atom is 0.0452 e. The van der Waals surface area contributed by atoms with Gasteiger partial charge in [-0.1, -0.05) is 75.0 Å². The molecule has 0 aliphatic carbocycles. The smallest absolute Gasteiger partial charge is 0.0452 e. The first-order valence-electron chi connectivity index (χ1n) is 6.64. The SMILES string of the molecule is Cc1cccc(CC(CBr)Cc2c(Cl)cccc2Cl)c1. The van der Waals surface area contributed by atoms with Crippen molar-refractivity contribution in [2.45, 2.75) is 19.8 Å². The largest absolute Gasteiger partial charge is 0.0925 e. The van der Waals surface area contributed by atoms with Gasteiger partial charge in [-0.25, -0.2) is 0 Å². The third kappa shape index (κ3) is 4.25. The monoisotopic (exact) mass is 370 g/mol. The predicted molar refractivity (Wildman–Crippen MR) is 92.3 cm³/mol. The Labute approximate surface area is 139 Å². The highest BCUT2D eigenvalue weighted by atomic mass is 79.9. The van der Waals surface area contributed by atoms with E-state index in [0.717, 1.165) is 33.8 Å². The molecule has 0 amide bonds. The van der Waals surface area contributed by atoms with Crippen molar-refractivity contribution in [1.29, 1.82) is 0 Å². The van der Waals surface area contributed by atoms with E-state index >= 15 is 0 Å². The van der Waals surface area contributed by atoms with Gasteiger partial charge in [0, 0.05) is 15.4 Å². The second-order valence-electron chi connectivity index (χ2n) is 5.12. The molecule has 0 N–H and O–H groups in total. The third-order valence-corrected chi connectivity index (χ3v) is 5.00. The van der Waals surface area contributed by atoms with Crippen molar-refractivity contribution in [3.8, 4) is 0 Å². The summed E-state index contributed by atoms with van der Waals surface area (Å²) in [5, 5.41) is 2.45. The Hall–Kier alpha value is -0.500. The molecular formula is C17H17BrCl2. The highest BCUT2D eigenvalue weighted by Crippen LogP contribution is 2.28. The molecule has 20 heavy (non-hydrogen) atoms. The van der Waals surface area contributed by atoms with Crippen LogP contribution in [0.3, 0.4) is 0 Å². The van der Waals surface area contributed by atoms with Gasteiger partial charge < -0.3 is 0 Å². The number of rotatable bonds is 5. The van der Waals surface area contributed by atoms with Gasteiger partial charge in [0.15, 0.2) is 0 Å². The van der Waals surface area contributed by atoms with Gasteiger partial charge in [0.25, 0.3) is 0 Å². The zero-order valence-electron chi connectivity index (χ0n) is 11.4. The fourth-order valence-electron chi connectivity index (χ4n) is 2.37. The molecule has 0 spiro atoms. The Bertz CT molecular complexity index is 561. The molecule has 0 bridgehead atoms. The molecule has 0 heterocycles. The summed E-state index contributed by atoms with van der Waals surface area (Å²) in [6, 6.07) is 14.3. The molecule has 0 saturated carbocycles. The number of alkyl halides is 1. The molecular weight excluding hydrogens is 355 g/mol. The van der Waals surface area contributed by atoms with E-state index in [9.17, 15) is 0 Å². The van der Waals surface area contributed by atoms with E-state index in [-0.39, 0.29) is 0 Å². The quantitative estimate of drug-likeness (QED) is 0.557. The summed E-state index contributed by atoms with van der Waals surface area (Å²) >= 11 is 16.1. The molecule has 3 heteroatoms. The first-order chi connectivity index (χ1) is 9.60. The van der Waals surface area contributed by atoms with Gasteiger partial charge in [0.2, 0.25) is 0 Å².